The maximum atomic E-state index is 13.3. The van der Waals surface area contributed by atoms with Gasteiger partial charge in [-0.2, -0.15) is 0 Å². The highest BCUT2D eigenvalue weighted by Crippen LogP contribution is 2.33. The molecule has 0 amide bonds. The molecule has 0 atom stereocenters. The molecule has 3 aromatic carbocycles. The van der Waals surface area contributed by atoms with Crippen molar-refractivity contribution in [1.29, 1.82) is 0 Å². The minimum absolute atomic E-state index is 0.0860. The van der Waals surface area contributed by atoms with E-state index in [9.17, 15) is 14.4 Å². The summed E-state index contributed by atoms with van der Waals surface area (Å²) in [6.07, 6.45) is 2.56. The third-order valence-corrected chi connectivity index (χ3v) is 5.70. The molecule has 0 aliphatic heterocycles. The van der Waals surface area contributed by atoms with Crippen molar-refractivity contribution in [2.24, 2.45) is 0 Å². The third kappa shape index (κ3) is 4.99. The third-order valence-electron chi connectivity index (χ3n) is 5.70. The van der Waals surface area contributed by atoms with Gasteiger partial charge in [-0.15, -0.1) is 0 Å². The van der Waals surface area contributed by atoms with Gasteiger partial charge in [0.25, 0.3) is 0 Å². The molecule has 0 bridgehead atoms. The number of rotatable bonds is 9. The number of ether oxygens (including phenoxy) is 2. The van der Waals surface area contributed by atoms with Crippen LogP contribution in [-0.2, 0) is 16.0 Å². The zero-order valence-electron chi connectivity index (χ0n) is 19.1. The molecule has 0 unspecified atom stereocenters. The van der Waals surface area contributed by atoms with Crippen LogP contribution in [0.2, 0.25) is 0 Å². The van der Waals surface area contributed by atoms with Crippen LogP contribution in [0.15, 0.2) is 84.4 Å². The van der Waals surface area contributed by atoms with E-state index in [4.69, 9.17) is 9.47 Å². The van der Waals surface area contributed by atoms with Crippen molar-refractivity contribution in [3.05, 3.63) is 107 Å². The molecule has 0 N–H and O–H groups in total. The molecule has 0 heterocycles. The Morgan fingerprint density at radius 1 is 0.765 bits per heavy atom. The van der Waals surface area contributed by atoms with Crippen LogP contribution in [0.25, 0.3) is 5.57 Å². The Balaban J connectivity index is 1.51. The molecular formula is C29H26O5. The molecule has 5 heteroatoms. The first-order chi connectivity index (χ1) is 16.6. The summed E-state index contributed by atoms with van der Waals surface area (Å²) < 4.78 is 11.1. The highest BCUT2D eigenvalue weighted by Gasteiger charge is 2.37. The minimum atomic E-state index is -0.786. The molecule has 1 aliphatic rings. The molecule has 1 aliphatic carbocycles. The fourth-order valence-corrected chi connectivity index (χ4v) is 3.87. The summed E-state index contributed by atoms with van der Waals surface area (Å²) in [5, 5.41) is 0. The maximum absolute atomic E-state index is 13.3. The Labute approximate surface area is 199 Å². The number of benzene rings is 3. The quantitative estimate of drug-likeness (QED) is 0.243. The van der Waals surface area contributed by atoms with Gasteiger partial charge in [-0.1, -0.05) is 80.1 Å². The summed E-state index contributed by atoms with van der Waals surface area (Å²) >= 11 is 0. The molecule has 0 aromatic heterocycles. The molecule has 0 radical (unpaired) electrons. The fraction of sp³-hybridized carbons (Fsp3) is 0.207. The molecular weight excluding hydrogens is 428 g/mol. The lowest BCUT2D eigenvalue weighted by Crippen LogP contribution is -2.27. The van der Waals surface area contributed by atoms with E-state index in [-0.39, 0.29) is 29.1 Å². The number of hydrogen-bond donors (Lipinski definition) is 0. The zero-order valence-corrected chi connectivity index (χ0v) is 19.1. The fourth-order valence-electron chi connectivity index (χ4n) is 3.87. The highest BCUT2D eigenvalue weighted by atomic mass is 16.5. The topological polar surface area (TPSA) is 69.7 Å². The number of hydrogen-bond acceptors (Lipinski definition) is 5. The number of unbranched alkanes of at least 4 members (excludes halogenated alkanes) is 1. The molecule has 5 nitrogen and oxygen atoms in total. The average Bonchev–Trinajstić information content (AvgIpc) is 2.87. The van der Waals surface area contributed by atoms with E-state index in [1.54, 1.807) is 48.5 Å². The number of Topliss-reactive ketones (excluding diaryl/α,β-unsaturated/α-hetero) is 2. The molecule has 0 spiro atoms. The SMILES string of the molecule is CCCCOc1ccc(CCOC(=O)C2=C(c3ccccc3)C(=O)c3ccccc3C2=O)cc1. The first-order valence-corrected chi connectivity index (χ1v) is 11.5. The smallest absolute Gasteiger partial charge is 0.342 e. The second-order valence-electron chi connectivity index (χ2n) is 8.05. The molecule has 0 saturated carbocycles. The number of esters is 1. The van der Waals surface area contributed by atoms with Crippen LogP contribution in [0.3, 0.4) is 0 Å². The lowest BCUT2D eigenvalue weighted by atomic mass is 9.81. The van der Waals surface area contributed by atoms with Crippen molar-refractivity contribution < 1.29 is 23.9 Å². The Bertz CT molecular complexity index is 1220. The van der Waals surface area contributed by atoms with Crippen molar-refractivity contribution in [3.8, 4) is 5.75 Å². The Hall–Kier alpha value is -3.99. The monoisotopic (exact) mass is 454 g/mol. The lowest BCUT2D eigenvalue weighted by molar-refractivity contribution is -0.138. The van der Waals surface area contributed by atoms with Crippen LogP contribution in [0, 0.1) is 0 Å². The van der Waals surface area contributed by atoms with E-state index < -0.39 is 11.8 Å². The van der Waals surface area contributed by atoms with Gasteiger partial charge in [0.1, 0.15) is 11.3 Å². The first-order valence-electron chi connectivity index (χ1n) is 11.5. The predicted octanol–water partition coefficient (Wildman–Crippen LogP) is 5.48. The number of carbonyl (C=O) groups excluding carboxylic acids is 3. The van der Waals surface area contributed by atoms with Crippen LogP contribution in [0.1, 0.15) is 51.6 Å². The summed E-state index contributed by atoms with van der Waals surface area (Å²) in [6.45, 7) is 2.88. The normalized spacial score (nSPS) is 13.0. The van der Waals surface area contributed by atoms with Gasteiger partial charge in [0.05, 0.1) is 13.2 Å². The van der Waals surface area contributed by atoms with Crippen LogP contribution in [0.5, 0.6) is 5.75 Å². The van der Waals surface area contributed by atoms with Gasteiger partial charge in [-0.3, -0.25) is 9.59 Å². The summed E-state index contributed by atoms with van der Waals surface area (Å²) in [7, 11) is 0. The van der Waals surface area contributed by atoms with E-state index in [2.05, 4.69) is 6.92 Å². The Morgan fingerprint density at radius 2 is 1.41 bits per heavy atom. The first kappa shape index (κ1) is 23.2. The summed E-state index contributed by atoms with van der Waals surface area (Å²) in [4.78, 5) is 39.6. The Kier molecular flexibility index (Phi) is 7.33. The van der Waals surface area contributed by atoms with Gasteiger partial charge < -0.3 is 9.47 Å². The lowest BCUT2D eigenvalue weighted by Gasteiger charge is -2.20. The summed E-state index contributed by atoms with van der Waals surface area (Å²) in [5.74, 6) is -0.831. The minimum Gasteiger partial charge on any atom is -0.494 e. The van der Waals surface area contributed by atoms with Gasteiger partial charge in [0, 0.05) is 23.1 Å². The van der Waals surface area contributed by atoms with Crippen molar-refractivity contribution >= 4 is 23.1 Å². The van der Waals surface area contributed by atoms with E-state index >= 15 is 0 Å². The Morgan fingerprint density at radius 3 is 2.09 bits per heavy atom. The second-order valence-corrected chi connectivity index (χ2v) is 8.05. The van der Waals surface area contributed by atoms with Crippen LogP contribution >= 0.6 is 0 Å². The number of ketones is 2. The van der Waals surface area contributed by atoms with Gasteiger partial charge in [0.2, 0.25) is 5.78 Å². The number of allylic oxidation sites excluding steroid dienone is 1. The van der Waals surface area contributed by atoms with E-state index in [0.29, 0.717) is 24.2 Å². The van der Waals surface area contributed by atoms with E-state index in [0.717, 1.165) is 24.2 Å². The molecule has 0 saturated heterocycles. The van der Waals surface area contributed by atoms with Crippen LogP contribution in [0.4, 0.5) is 0 Å². The van der Waals surface area contributed by atoms with Crippen molar-refractivity contribution in [2.75, 3.05) is 13.2 Å². The van der Waals surface area contributed by atoms with Gasteiger partial charge >= 0.3 is 5.97 Å². The van der Waals surface area contributed by atoms with Crippen LogP contribution in [-0.4, -0.2) is 30.7 Å². The maximum Gasteiger partial charge on any atom is 0.342 e. The standard InChI is InChI=1S/C29H26O5/c1-2-3-18-33-22-15-13-20(14-16-22)17-19-34-29(32)26-25(21-9-5-4-6-10-21)27(30)23-11-7-8-12-24(23)28(26)31/h4-16H,2-3,17-19H2,1H3. The van der Waals surface area contributed by atoms with Crippen molar-refractivity contribution in [3.63, 3.8) is 0 Å². The highest BCUT2D eigenvalue weighted by molar-refractivity contribution is 6.46. The van der Waals surface area contributed by atoms with Gasteiger partial charge in [0.15, 0.2) is 5.78 Å². The number of fused-ring (bicyclic) bond motifs is 1. The van der Waals surface area contributed by atoms with E-state index in [1.807, 2.05) is 30.3 Å². The number of carbonyl (C=O) groups is 3. The van der Waals surface area contributed by atoms with E-state index in [1.165, 1.54) is 0 Å². The molecule has 172 valence electrons. The zero-order chi connectivity index (χ0) is 23.9. The van der Waals surface area contributed by atoms with Gasteiger partial charge in [-0.25, -0.2) is 4.79 Å². The van der Waals surface area contributed by atoms with Crippen LogP contribution < -0.4 is 4.74 Å². The molecule has 4 rings (SSSR count). The molecule has 0 fully saturated rings. The second kappa shape index (κ2) is 10.8. The predicted molar refractivity (Wildman–Crippen MR) is 130 cm³/mol. The molecule has 3 aromatic rings. The van der Waals surface area contributed by atoms with Gasteiger partial charge in [-0.05, 0) is 29.7 Å². The summed E-state index contributed by atoms with van der Waals surface area (Å²) in [6, 6.07) is 23.0. The van der Waals surface area contributed by atoms with Crippen molar-refractivity contribution in [2.45, 2.75) is 26.2 Å². The average molecular weight is 455 g/mol. The largest absolute Gasteiger partial charge is 0.494 e. The van der Waals surface area contributed by atoms with Crippen molar-refractivity contribution in [1.82, 2.24) is 0 Å². The summed E-state index contributed by atoms with van der Waals surface area (Å²) in [5.41, 5.74) is 1.88. The molecule has 34 heavy (non-hydrogen) atoms.